The number of nitrogens with one attached hydrogen (secondary N) is 1. The SMILES string of the molecule is NC1CCN(c2n[nH]c(-c3cc(F)c(Cl)cc3F)n2)CC1. The van der Waals surface area contributed by atoms with Gasteiger partial charge in [-0.3, -0.25) is 5.10 Å². The van der Waals surface area contributed by atoms with Gasteiger partial charge in [-0.05, 0) is 25.0 Å². The number of hydrogen-bond acceptors (Lipinski definition) is 4. The van der Waals surface area contributed by atoms with Crippen LogP contribution in [0.25, 0.3) is 11.4 Å². The molecular formula is C13H14ClF2N5. The molecule has 8 heteroatoms. The van der Waals surface area contributed by atoms with E-state index in [1.165, 1.54) is 0 Å². The summed E-state index contributed by atoms with van der Waals surface area (Å²) < 4.78 is 27.3. The number of halogens is 3. The summed E-state index contributed by atoms with van der Waals surface area (Å²) in [5, 5.41) is 6.43. The number of H-pyrrole nitrogens is 1. The van der Waals surface area contributed by atoms with E-state index in [4.69, 9.17) is 17.3 Å². The van der Waals surface area contributed by atoms with Gasteiger partial charge in [0.05, 0.1) is 10.6 Å². The van der Waals surface area contributed by atoms with Gasteiger partial charge >= 0.3 is 0 Å². The van der Waals surface area contributed by atoms with Crippen molar-refractivity contribution < 1.29 is 8.78 Å². The Bertz CT molecular complexity index is 652. The van der Waals surface area contributed by atoms with Gasteiger partial charge in [0.15, 0.2) is 5.82 Å². The number of rotatable bonds is 2. The average molecular weight is 314 g/mol. The van der Waals surface area contributed by atoms with E-state index < -0.39 is 11.6 Å². The van der Waals surface area contributed by atoms with E-state index >= 15 is 0 Å². The van der Waals surface area contributed by atoms with Gasteiger partial charge in [-0.2, -0.15) is 4.98 Å². The van der Waals surface area contributed by atoms with Gasteiger partial charge in [0.25, 0.3) is 0 Å². The number of aromatic amines is 1. The molecule has 1 aromatic heterocycles. The van der Waals surface area contributed by atoms with Crippen LogP contribution in [0.15, 0.2) is 12.1 Å². The molecule has 0 radical (unpaired) electrons. The van der Waals surface area contributed by atoms with Crippen molar-refractivity contribution in [2.75, 3.05) is 18.0 Å². The number of anilines is 1. The van der Waals surface area contributed by atoms with Crippen molar-refractivity contribution in [3.63, 3.8) is 0 Å². The summed E-state index contributed by atoms with van der Waals surface area (Å²) in [6.45, 7) is 1.49. The van der Waals surface area contributed by atoms with Crippen molar-refractivity contribution in [3.8, 4) is 11.4 Å². The number of nitrogens with two attached hydrogens (primary N) is 1. The lowest BCUT2D eigenvalue weighted by Crippen LogP contribution is -2.40. The Labute approximate surface area is 125 Å². The number of piperidine rings is 1. The summed E-state index contributed by atoms with van der Waals surface area (Å²) in [4.78, 5) is 6.20. The highest BCUT2D eigenvalue weighted by Gasteiger charge is 2.21. The Morgan fingerprint density at radius 1 is 1.24 bits per heavy atom. The smallest absolute Gasteiger partial charge is 0.245 e. The quantitative estimate of drug-likeness (QED) is 0.835. The summed E-state index contributed by atoms with van der Waals surface area (Å²) in [6.07, 6.45) is 1.71. The van der Waals surface area contributed by atoms with Gasteiger partial charge in [0.1, 0.15) is 11.6 Å². The maximum Gasteiger partial charge on any atom is 0.245 e. The van der Waals surface area contributed by atoms with E-state index in [-0.39, 0.29) is 22.5 Å². The highest BCUT2D eigenvalue weighted by Crippen LogP contribution is 2.26. The van der Waals surface area contributed by atoms with E-state index in [1.54, 1.807) is 0 Å². The summed E-state index contributed by atoms with van der Waals surface area (Å²) in [6, 6.07) is 2.13. The topological polar surface area (TPSA) is 70.8 Å². The summed E-state index contributed by atoms with van der Waals surface area (Å²) in [5.74, 6) is -0.709. The van der Waals surface area contributed by atoms with Crippen LogP contribution in [0.5, 0.6) is 0 Å². The Morgan fingerprint density at radius 2 is 1.95 bits per heavy atom. The molecule has 3 rings (SSSR count). The molecule has 5 nitrogen and oxygen atoms in total. The molecule has 21 heavy (non-hydrogen) atoms. The highest BCUT2D eigenvalue weighted by molar-refractivity contribution is 6.30. The molecule has 0 saturated carbocycles. The van der Waals surface area contributed by atoms with Gasteiger partial charge in [-0.1, -0.05) is 11.6 Å². The Kier molecular flexibility index (Phi) is 3.77. The second-order valence-electron chi connectivity index (χ2n) is 5.05. The van der Waals surface area contributed by atoms with E-state index in [1.807, 2.05) is 4.90 Å². The van der Waals surface area contributed by atoms with Crippen molar-refractivity contribution in [1.29, 1.82) is 0 Å². The number of benzene rings is 1. The lowest BCUT2D eigenvalue weighted by Gasteiger charge is -2.28. The predicted molar refractivity (Wildman–Crippen MR) is 76.2 cm³/mol. The van der Waals surface area contributed by atoms with Crippen molar-refractivity contribution in [2.45, 2.75) is 18.9 Å². The fourth-order valence-corrected chi connectivity index (χ4v) is 2.47. The average Bonchev–Trinajstić information content (AvgIpc) is 2.93. The minimum Gasteiger partial charge on any atom is -0.339 e. The molecule has 1 fully saturated rings. The standard InChI is InChI=1S/C13H14ClF2N5/c14-9-6-10(15)8(5-11(9)16)12-18-13(20-19-12)21-3-1-7(17)2-4-21/h5-7H,1-4,17H2,(H,18,19,20). The molecule has 1 saturated heterocycles. The number of hydrogen-bond donors (Lipinski definition) is 2. The molecule has 0 atom stereocenters. The molecule has 1 aliphatic rings. The molecular weight excluding hydrogens is 300 g/mol. The molecule has 0 amide bonds. The fourth-order valence-electron chi connectivity index (χ4n) is 2.32. The molecule has 0 bridgehead atoms. The first-order valence-electron chi connectivity index (χ1n) is 6.62. The molecule has 2 aromatic rings. The molecule has 0 unspecified atom stereocenters. The van der Waals surface area contributed by atoms with Crippen molar-refractivity contribution >= 4 is 17.5 Å². The van der Waals surface area contributed by atoms with Crippen LogP contribution in [-0.2, 0) is 0 Å². The van der Waals surface area contributed by atoms with Crippen LogP contribution in [0.2, 0.25) is 5.02 Å². The van der Waals surface area contributed by atoms with Crippen LogP contribution >= 0.6 is 11.6 Å². The first-order valence-corrected chi connectivity index (χ1v) is 7.00. The Balaban J connectivity index is 1.87. The normalized spacial score (nSPS) is 16.5. The van der Waals surface area contributed by atoms with Crippen LogP contribution in [0.3, 0.4) is 0 Å². The zero-order valence-electron chi connectivity index (χ0n) is 11.1. The minimum absolute atomic E-state index is 0.00404. The van der Waals surface area contributed by atoms with Crippen LogP contribution in [0.1, 0.15) is 12.8 Å². The number of nitrogens with zero attached hydrogens (tertiary/aromatic N) is 3. The monoisotopic (exact) mass is 313 g/mol. The molecule has 0 aliphatic carbocycles. The summed E-state index contributed by atoms with van der Waals surface area (Å²) in [5.41, 5.74) is 5.85. The van der Waals surface area contributed by atoms with Crippen molar-refractivity contribution in [2.24, 2.45) is 5.73 Å². The number of aromatic nitrogens is 3. The van der Waals surface area contributed by atoms with Crippen LogP contribution in [-0.4, -0.2) is 34.3 Å². The van der Waals surface area contributed by atoms with Crippen LogP contribution < -0.4 is 10.6 Å². The zero-order chi connectivity index (χ0) is 15.0. The van der Waals surface area contributed by atoms with Gasteiger partial charge < -0.3 is 10.6 Å². The summed E-state index contributed by atoms with van der Waals surface area (Å²) in [7, 11) is 0. The Hall–Kier alpha value is -1.73. The predicted octanol–water partition coefficient (Wildman–Crippen LogP) is 2.33. The second kappa shape index (κ2) is 5.57. The van der Waals surface area contributed by atoms with Gasteiger partial charge in [-0.25, -0.2) is 8.78 Å². The minimum atomic E-state index is -0.699. The third-order valence-electron chi connectivity index (χ3n) is 3.56. The molecule has 1 aliphatic heterocycles. The highest BCUT2D eigenvalue weighted by atomic mass is 35.5. The van der Waals surface area contributed by atoms with Crippen LogP contribution in [0.4, 0.5) is 14.7 Å². The van der Waals surface area contributed by atoms with Gasteiger partial charge in [0.2, 0.25) is 5.95 Å². The van der Waals surface area contributed by atoms with Crippen molar-refractivity contribution in [3.05, 3.63) is 28.8 Å². The molecule has 0 spiro atoms. The summed E-state index contributed by atoms with van der Waals surface area (Å²) >= 11 is 5.53. The molecule has 3 N–H and O–H groups in total. The van der Waals surface area contributed by atoms with E-state index in [9.17, 15) is 8.78 Å². The maximum absolute atomic E-state index is 13.8. The third-order valence-corrected chi connectivity index (χ3v) is 3.85. The molecule has 1 aromatic carbocycles. The van der Waals surface area contributed by atoms with Crippen molar-refractivity contribution in [1.82, 2.24) is 15.2 Å². The van der Waals surface area contributed by atoms with E-state index in [2.05, 4.69) is 15.2 Å². The zero-order valence-corrected chi connectivity index (χ0v) is 11.9. The third kappa shape index (κ3) is 2.84. The first kappa shape index (κ1) is 14.2. The maximum atomic E-state index is 13.8. The van der Waals surface area contributed by atoms with Crippen LogP contribution in [0, 0.1) is 11.6 Å². The molecule has 2 heterocycles. The lowest BCUT2D eigenvalue weighted by atomic mass is 10.1. The van der Waals surface area contributed by atoms with Gasteiger partial charge in [-0.15, -0.1) is 5.10 Å². The molecule has 112 valence electrons. The first-order chi connectivity index (χ1) is 10.0. The Morgan fingerprint density at radius 3 is 2.67 bits per heavy atom. The van der Waals surface area contributed by atoms with E-state index in [0.717, 1.165) is 38.1 Å². The second-order valence-corrected chi connectivity index (χ2v) is 5.46. The fraction of sp³-hybridized carbons (Fsp3) is 0.385. The van der Waals surface area contributed by atoms with Gasteiger partial charge in [0, 0.05) is 19.1 Å². The van der Waals surface area contributed by atoms with E-state index in [0.29, 0.717) is 5.95 Å². The largest absolute Gasteiger partial charge is 0.339 e. The lowest BCUT2D eigenvalue weighted by molar-refractivity contribution is 0.496.